The number of aromatic nitrogens is 5. The van der Waals surface area contributed by atoms with Gasteiger partial charge >= 0.3 is 0 Å². The zero-order valence-corrected chi connectivity index (χ0v) is 19.6. The van der Waals surface area contributed by atoms with Crippen molar-refractivity contribution in [1.82, 2.24) is 29.5 Å². The van der Waals surface area contributed by atoms with Crippen molar-refractivity contribution in [3.05, 3.63) is 53.7 Å². The number of carbonyl (C=O) groups excluding carboxylic acids is 2. The van der Waals surface area contributed by atoms with E-state index in [0.29, 0.717) is 41.3 Å². The van der Waals surface area contributed by atoms with E-state index in [1.807, 2.05) is 0 Å². The minimum Gasteiger partial charge on any atom is -0.507 e. The quantitative estimate of drug-likeness (QED) is 0.503. The van der Waals surface area contributed by atoms with Crippen LogP contribution in [0.4, 0.5) is 4.39 Å². The summed E-state index contributed by atoms with van der Waals surface area (Å²) in [4.78, 5) is 35.5. The van der Waals surface area contributed by atoms with Gasteiger partial charge in [0, 0.05) is 49.3 Å². The molecule has 2 amide bonds. The van der Waals surface area contributed by atoms with Gasteiger partial charge < -0.3 is 10.0 Å². The lowest BCUT2D eigenvalue weighted by atomic mass is 9.91. The van der Waals surface area contributed by atoms with Crippen LogP contribution in [0.25, 0.3) is 11.3 Å². The highest BCUT2D eigenvalue weighted by molar-refractivity contribution is 7.89. The van der Waals surface area contributed by atoms with E-state index in [2.05, 4.69) is 25.5 Å². The standard InChI is InChI=1S/C22H20FN7O5S/c23-16-2-1-3-19(31)21(16)18-9-15-14(10-24-18)8-17(26-22(15)33)13-4-6-29(11-13)20(32)5-7-36(34,35)30-12-25-27-28-30/h1-3,9-10,12-13,31H,4-8,11H2/t13-/m1/s1. The van der Waals surface area contributed by atoms with E-state index in [0.717, 1.165) is 6.33 Å². The normalized spacial score (nSPS) is 17.7. The maximum atomic E-state index is 14.2. The van der Waals surface area contributed by atoms with Gasteiger partial charge in [0.2, 0.25) is 5.91 Å². The number of phenols is 1. The van der Waals surface area contributed by atoms with Crippen LogP contribution in [0.2, 0.25) is 0 Å². The van der Waals surface area contributed by atoms with Crippen LogP contribution >= 0.6 is 0 Å². The highest BCUT2D eigenvalue weighted by Gasteiger charge is 2.33. The second-order valence-corrected chi connectivity index (χ2v) is 10.5. The molecule has 0 bridgehead atoms. The molecule has 0 saturated carbocycles. The first-order chi connectivity index (χ1) is 17.2. The smallest absolute Gasteiger partial charge is 0.277 e. The number of aromatic hydroxyl groups is 1. The fourth-order valence-electron chi connectivity index (χ4n) is 4.39. The molecule has 1 fully saturated rings. The zero-order chi connectivity index (χ0) is 25.4. The van der Waals surface area contributed by atoms with Crippen LogP contribution in [0.5, 0.6) is 5.75 Å². The Morgan fingerprint density at radius 2 is 2.11 bits per heavy atom. The Labute approximate surface area is 204 Å². The maximum Gasteiger partial charge on any atom is 0.277 e. The molecule has 2 aromatic heterocycles. The van der Waals surface area contributed by atoms with Crippen molar-refractivity contribution in [1.29, 1.82) is 0 Å². The lowest BCUT2D eigenvalue weighted by Crippen LogP contribution is -2.33. The van der Waals surface area contributed by atoms with Gasteiger partial charge in [-0.1, -0.05) is 6.07 Å². The van der Waals surface area contributed by atoms with Crippen molar-refractivity contribution >= 4 is 27.5 Å². The van der Waals surface area contributed by atoms with Gasteiger partial charge in [-0.05, 0) is 40.6 Å². The Morgan fingerprint density at radius 1 is 1.28 bits per heavy atom. The number of nitrogens with zero attached hydrogens (tertiary/aromatic N) is 7. The highest BCUT2D eigenvalue weighted by atomic mass is 32.2. The van der Waals surface area contributed by atoms with E-state index in [9.17, 15) is 27.5 Å². The van der Waals surface area contributed by atoms with Gasteiger partial charge in [0.1, 0.15) is 11.6 Å². The number of rotatable bonds is 6. The van der Waals surface area contributed by atoms with Gasteiger partial charge in [-0.25, -0.2) is 17.8 Å². The van der Waals surface area contributed by atoms with Crippen molar-refractivity contribution in [2.45, 2.75) is 19.3 Å². The third-order valence-electron chi connectivity index (χ3n) is 6.28. The van der Waals surface area contributed by atoms with Crippen LogP contribution in [-0.2, 0) is 21.2 Å². The Balaban J connectivity index is 1.26. The molecule has 1 saturated heterocycles. The van der Waals surface area contributed by atoms with Crippen molar-refractivity contribution in [2.75, 3.05) is 18.8 Å². The fourth-order valence-corrected chi connectivity index (χ4v) is 5.34. The number of hydrogen-bond donors (Lipinski definition) is 1. The van der Waals surface area contributed by atoms with Crippen molar-refractivity contribution in [3.8, 4) is 17.0 Å². The number of pyridine rings is 1. The number of fused-ring (bicyclic) bond motifs is 1. The first kappa shape index (κ1) is 23.7. The number of benzene rings is 1. The van der Waals surface area contributed by atoms with E-state index >= 15 is 0 Å². The Kier molecular flexibility index (Phi) is 6.04. The second-order valence-electron chi connectivity index (χ2n) is 8.52. The fraction of sp³-hybridized carbons (Fsp3) is 0.318. The molecule has 3 aromatic rings. The lowest BCUT2D eigenvalue weighted by Gasteiger charge is -2.21. The van der Waals surface area contributed by atoms with Crippen LogP contribution in [0, 0.1) is 11.7 Å². The van der Waals surface area contributed by atoms with Crippen LogP contribution in [0.1, 0.15) is 28.8 Å². The van der Waals surface area contributed by atoms with Gasteiger partial charge in [0.05, 0.1) is 17.0 Å². The average molecular weight is 514 g/mol. The molecule has 0 unspecified atom stereocenters. The van der Waals surface area contributed by atoms with E-state index in [1.54, 1.807) is 4.90 Å². The van der Waals surface area contributed by atoms with Crippen molar-refractivity contribution in [3.63, 3.8) is 0 Å². The number of aliphatic imine (C=N–C) groups is 1. The molecule has 5 rings (SSSR count). The van der Waals surface area contributed by atoms with Gasteiger partial charge in [-0.3, -0.25) is 14.6 Å². The molecular weight excluding hydrogens is 493 g/mol. The molecule has 1 N–H and O–H groups in total. The highest BCUT2D eigenvalue weighted by Crippen LogP contribution is 2.33. The van der Waals surface area contributed by atoms with E-state index in [1.165, 1.54) is 30.5 Å². The Hall–Kier alpha value is -4.07. The van der Waals surface area contributed by atoms with Gasteiger partial charge in [-0.15, -0.1) is 9.19 Å². The second kappa shape index (κ2) is 9.18. The molecule has 0 aliphatic carbocycles. The number of halogens is 1. The number of tetrazole rings is 1. The summed E-state index contributed by atoms with van der Waals surface area (Å²) >= 11 is 0. The van der Waals surface area contributed by atoms with Crippen LogP contribution in [0.3, 0.4) is 0 Å². The molecule has 14 heteroatoms. The summed E-state index contributed by atoms with van der Waals surface area (Å²) in [7, 11) is -3.83. The monoisotopic (exact) mass is 513 g/mol. The summed E-state index contributed by atoms with van der Waals surface area (Å²) < 4.78 is 39.2. The summed E-state index contributed by atoms with van der Waals surface area (Å²) in [6.45, 7) is 0.734. The largest absolute Gasteiger partial charge is 0.507 e. The molecule has 4 heterocycles. The van der Waals surface area contributed by atoms with Crippen molar-refractivity contribution in [2.24, 2.45) is 10.9 Å². The molecule has 186 valence electrons. The number of amides is 2. The number of phenolic OH excluding ortho intramolecular Hbond substituents is 1. The van der Waals surface area contributed by atoms with Crippen LogP contribution in [0.15, 0.2) is 41.8 Å². The molecule has 2 aliphatic heterocycles. The molecule has 0 radical (unpaired) electrons. The molecule has 12 nitrogen and oxygen atoms in total. The van der Waals surface area contributed by atoms with E-state index in [4.69, 9.17) is 0 Å². The topological polar surface area (TPSA) is 161 Å². The van der Waals surface area contributed by atoms with Gasteiger partial charge in [0.15, 0.2) is 6.33 Å². The van der Waals surface area contributed by atoms with Gasteiger partial charge in [-0.2, -0.15) is 0 Å². The van der Waals surface area contributed by atoms with Crippen LogP contribution in [-0.4, -0.2) is 79.4 Å². The predicted octanol–water partition coefficient (Wildman–Crippen LogP) is 0.834. The summed E-state index contributed by atoms with van der Waals surface area (Å²) in [6, 6.07) is 5.33. The number of carbonyl (C=O) groups is 2. The summed E-state index contributed by atoms with van der Waals surface area (Å²) in [5, 5.41) is 20.0. The molecule has 1 aromatic carbocycles. The van der Waals surface area contributed by atoms with E-state index in [-0.39, 0.29) is 40.8 Å². The third kappa shape index (κ3) is 4.46. The minimum absolute atomic E-state index is 0.0880. The molecule has 2 aliphatic rings. The summed E-state index contributed by atoms with van der Waals surface area (Å²) in [5.74, 6) is -2.35. The first-order valence-corrected chi connectivity index (χ1v) is 12.7. The minimum atomic E-state index is -3.83. The lowest BCUT2D eigenvalue weighted by molar-refractivity contribution is -0.129. The SMILES string of the molecule is O=C1N=C([C@@H]2CCN(C(=O)CCS(=O)(=O)n3cnnn3)C2)Cc2cnc(-c3c(O)cccc3F)cc21. The predicted molar refractivity (Wildman–Crippen MR) is 123 cm³/mol. The Bertz CT molecular complexity index is 1470. The van der Waals surface area contributed by atoms with Crippen LogP contribution < -0.4 is 0 Å². The van der Waals surface area contributed by atoms with Crippen molar-refractivity contribution < 1.29 is 27.5 Å². The molecular formula is C22H20FN7O5S. The molecule has 36 heavy (non-hydrogen) atoms. The molecule has 0 spiro atoms. The average Bonchev–Trinajstić information content (AvgIpc) is 3.56. The summed E-state index contributed by atoms with van der Waals surface area (Å²) in [6.07, 6.45) is 3.14. The Morgan fingerprint density at radius 3 is 2.86 bits per heavy atom. The summed E-state index contributed by atoms with van der Waals surface area (Å²) in [5.41, 5.74) is 1.57. The first-order valence-electron chi connectivity index (χ1n) is 11.1. The number of hydrogen-bond acceptors (Lipinski definition) is 9. The third-order valence-corrected chi connectivity index (χ3v) is 7.74. The van der Waals surface area contributed by atoms with E-state index < -0.39 is 27.5 Å². The maximum absolute atomic E-state index is 14.2. The van der Waals surface area contributed by atoms with Gasteiger partial charge in [0.25, 0.3) is 15.9 Å². The molecule has 1 atom stereocenters. The zero-order valence-electron chi connectivity index (χ0n) is 18.8. The number of likely N-dealkylation sites (tertiary alicyclic amines) is 1.